The number of hydrogen-bond acceptors (Lipinski definition) is 2. The molecule has 0 aromatic rings. The third-order valence-corrected chi connectivity index (χ3v) is 3.51. The van der Waals surface area contributed by atoms with Gasteiger partial charge < -0.3 is 0 Å². The first-order chi connectivity index (χ1) is 12.4. The van der Waals surface area contributed by atoms with Crippen molar-refractivity contribution in [2.45, 2.75) is 75.1 Å². The van der Waals surface area contributed by atoms with Gasteiger partial charge in [-0.25, -0.2) is 8.78 Å². The lowest BCUT2D eigenvalue weighted by Gasteiger charge is -2.21. The van der Waals surface area contributed by atoms with Gasteiger partial charge in [-0.15, -0.1) is 0 Å². The van der Waals surface area contributed by atoms with E-state index in [0.29, 0.717) is 0 Å². The molecular weight excluding hydrogens is 428 g/mol. The van der Waals surface area contributed by atoms with E-state index >= 15 is 0 Å². The van der Waals surface area contributed by atoms with Crippen LogP contribution in [0.1, 0.15) is 38.5 Å². The second-order valence-electron chi connectivity index (χ2n) is 5.81. The first kappa shape index (κ1) is 26.5. The average Bonchev–Trinajstić information content (AvgIpc) is 2.53. The van der Waals surface area contributed by atoms with Crippen LogP contribution in [0.4, 0.5) is 52.7 Å². The molecule has 28 heavy (non-hydrogen) atoms. The Morgan fingerprint density at radius 1 is 0.536 bits per heavy atom. The normalized spacial score (nSPS) is 16.0. The van der Waals surface area contributed by atoms with Crippen LogP contribution in [0.5, 0.6) is 0 Å². The van der Waals surface area contributed by atoms with E-state index in [0.717, 1.165) is 0 Å². The zero-order chi connectivity index (χ0) is 22.6. The van der Waals surface area contributed by atoms with E-state index in [4.69, 9.17) is 0 Å². The van der Waals surface area contributed by atoms with Gasteiger partial charge in [0, 0.05) is 12.8 Å². The van der Waals surface area contributed by atoms with Crippen molar-refractivity contribution in [3.63, 3.8) is 0 Å². The van der Waals surface area contributed by atoms with Crippen molar-refractivity contribution in [3.05, 3.63) is 0 Å². The number of halogens is 12. The van der Waals surface area contributed by atoms with Crippen molar-refractivity contribution in [2.24, 2.45) is 0 Å². The fraction of sp³-hybridized carbons (Fsp3) is 0.857. The summed E-state index contributed by atoms with van der Waals surface area (Å²) in [5, 5.41) is 0. The molecule has 0 N–H and O–H groups in total. The van der Waals surface area contributed by atoms with Crippen molar-refractivity contribution in [1.29, 1.82) is 0 Å². The molecule has 0 saturated heterocycles. The summed E-state index contributed by atoms with van der Waals surface area (Å²) in [6.07, 6.45) is -25.3. The summed E-state index contributed by atoms with van der Waals surface area (Å²) >= 11 is 0. The van der Waals surface area contributed by atoms with Crippen molar-refractivity contribution in [1.82, 2.24) is 0 Å². The molecule has 0 saturated carbocycles. The van der Waals surface area contributed by atoms with Crippen molar-refractivity contribution < 1.29 is 62.3 Å². The van der Waals surface area contributed by atoms with E-state index in [9.17, 15) is 62.3 Å². The molecule has 0 fully saturated rings. The molecule has 0 aliphatic rings. The van der Waals surface area contributed by atoms with Crippen molar-refractivity contribution >= 4 is 11.6 Å². The van der Waals surface area contributed by atoms with Gasteiger partial charge in [0.25, 0.3) is 12.3 Å². The molecule has 14 heteroatoms. The monoisotopic (exact) mass is 442 g/mol. The minimum absolute atomic E-state index is 0.262. The highest BCUT2D eigenvalue weighted by molar-refractivity contribution is 5.86. The van der Waals surface area contributed by atoms with E-state index < -0.39 is 73.8 Å². The van der Waals surface area contributed by atoms with Crippen LogP contribution in [-0.2, 0) is 9.59 Å². The van der Waals surface area contributed by atoms with Gasteiger partial charge in [-0.1, -0.05) is 12.8 Å². The predicted molar refractivity (Wildman–Crippen MR) is 69.5 cm³/mol. The Labute approximate surface area is 150 Å². The van der Waals surface area contributed by atoms with E-state index in [2.05, 4.69) is 0 Å². The zero-order valence-corrected chi connectivity index (χ0v) is 13.7. The highest BCUT2D eigenvalue weighted by Crippen LogP contribution is 2.37. The zero-order valence-electron chi connectivity index (χ0n) is 13.7. The largest absolute Gasteiger partial charge is 0.426 e. The number of carbonyl (C=O) groups excluding carboxylic acids is 2. The van der Waals surface area contributed by atoms with Crippen LogP contribution in [-0.4, -0.2) is 48.1 Å². The standard InChI is InChI=1S/C14H14F12O2/c15-9(13(21,22)23)11(17,18)7(27)5-3-1-2-4-6-8(28)12(19,20)10(16)14(24,25)26/h9-10H,1-6H2. The minimum atomic E-state index is -5.96. The predicted octanol–water partition coefficient (Wildman–Crippen LogP) is 5.54. The Bertz CT molecular complexity index is 489. The molecule has 2 unspecified atom stereocenters. The summed E-state index contributed by atoms with van der Waals surface area (Å²) in [4.78, 5) is 22.0. The number of ketones is 2. The lowest BCUT2D eigenvalue weighted by atomic mass is 10.00. The van der Waals surface area contributed by atoms with Crippen LogP contribution in [0.15, 0.2) is 0 Å². The van der Waals surface area contributed by atoms with Gasteiger partial charge in [-0.05, 0) is 12.8 Å². The first-order valence-electron chi connectivity index (χ1n) is 7.60. The number of alkyl halides is 12. The molecule has 2 atom stereocenters. The van der Waals surface area contributed by atoms with Gasteiger partial charge in [0.2, 0.25) is 11.6 Å². The van der Waals surface area contributed by atoms with Crippen LogP contribution in [0.2, 0.25) is 0 Å². The van der Waals surface area contributed by atoms with Gasteiger partial charge in [0.15, 0.2) is 0 Å². The molecule has 0 aliphatic heterocycles. The molecule has 0 rings (SSSR count). The van der Waals surface area contributed by atoms with Crippen molar-refractivity contribution in [3.8, 4) is 0 Å². The lowest BCUT2D eigenvalue weighted by molar-refractivity contribution is -0.240. The third-order valence-electron chi connectivity index (χ3n) is 3.51. The topological polar surface area (TPSA) is 34.1 Å². The van der Waals surface area contributed by atoms with Crippen LogP contribution < -0.4 is 0 Å². The molecule has 0 radical (unpaired) electrons. The van der Waals surface area contributed by atoms with E-state index in [1.165, 1.54) is 0 Å². The van der Waals surface area contributed by atoms with Gasteiger partial charge in [-0.3, -0.25) is 9.59 Å². The quantitative estimate of drug-likeness (QED) is 0.311. The van der Waals surface area contributed by atoms with E-state index in [-0.39, 0.29) is 12.8 Å². The molecule has 0 aromatic heterocycles. The molecule has 0 aromatic carbocycles. The number of rotatable bonds is 11. The summed E-state index contributed by atoms with van der Waals surface area (Å²) in [7, 11) is 0. The molecular formula is C14H14F12O2. The summed E-state index contributed by atoms with van der Waals surface area (Å²) in [6, 6.07) is 0. The summed E-state index contributed by atoms with van der Waals surface area (Å²) in [5.74, 6) is -15.3. The molecule has 0 heterocycles. The number of carbonyl (C=O) groups is 2. The van der Waals surface area contributed by atoms with Gasteiger partial charge in [0.05, 0.1) is 0 Å². The Morgan fingerprint density at radius 2 is 0.786 bits per heavy atom. The second-order valence-corrected chi connectivity index (χ2v) is 5.81. The molecule has 166 valence electrons. The summed E-state index contributed by atoms with van der Waals surface area (Å²) in [6.45, 7) is 0. The van der Waals surface area contributed by atoms with E-state index in [1.54, 1.807) is 0 Å². The Morgan fingerprint density at radius 3 is 1.00 bits per heavy atom. The van der Waals surface area contributed by atoms with Crippen LogP contribution in [0, 0.1) is 0 Å². The maximum atomic E-state index is 13.0. The second kappa shape index (κ2) is 9.33. The van der Waals surface area contributed by atoms with Crippen LogP contribution >= 0.6 is 0 Å². The molecule has 0 spiro atoms. The highest BCUT2D eigenvalue weighted by atomic mass is 19.4. The highest BCUT2D eigenvalue weighted by Gasteiger charge is 2.61. The average molecular weight is 442 g/mol. The summed E-state index contributed by atoms with van der Waals surface area (Å²) < 4.78 is 149. The fourth-order valence-electron chi connectivity index (χ4n) is 1.95. The smallest absolute Gasteiger partial charge is 0.293 e. The van der Waals surface area contributed by atoms with Crippen molar-refractivity contribution in [2.75, 3.05) is 0 Å². The third kappa shape index (κ3) is 7.15. The maximum absolute atomic E-state index is 13.0. The molecule has 2 nitrogen and oxygen atoms in total. The lowest BCUT2D eigenvalue weighted by Crippen LogP contribution is -2.47. The SMILES string of the molecule is O=C(CCCCCCC(=O)C(F)(F)C(F)C(F)(F)F)C(F)(F)C(F)C(F)(F)F. The number of Topliss-reactive ketones (excluding diaryl/α,β-unsaturated/α-hetero) is 2. The van der Waals surface area contributed by atoms with E-state index in [1.807, 2.05) is 0 Å². The Kier molecular flexibility index (Phi) is 8.83. The molecule has 0 bridgehead atoms. The van der Waals surface area contributed by atoms with Crippen LogP contribution in [0.3, 0.4) is 0 Å². The first-order valence-corrected chi connectivity index (χ1v) is 7.60. The van der Waals surface area contributed by atoms with Gasteiger partial charge in [-0.2, -0.15) is 43.9 Å². The Balaban J connectivity index is 4.35. The van der Waals surface area contributed by atoms with Crippen LogP contribution in [0.25, 0.3) is 0 Å². The molecule has 0 aliphatic carbocycles. The number of unbranched alkanes of at least 4 members (excludes halogenated alkanes) is 3. The number of hydrogen-bond donors (Lipinski definition) is 0. The summed E-state index contributed by atoms with van der Waals surface area (Å²) in [5.41, 5.74) is 0. The van der Waals surface area contributed by atoms with Gasteiger partial charge in [0.1, 0.15) is 0 Å². The Hall–Kier alpha value is -1.50. The minimum Gasteiger partial charge on any atom is -0.293 e. The maximum Gasteiger partial charge on any atom is 0.426 e. The molecule has 0 amide bonds. The van der Waals surface area contributed by atoms with Gasteiger partial charge >= 0.3 is 24.2 Å². The fourth-order valence-corrected chi connectivity index (χ4v) is 1.95.